The fourth-order valence-corrected chi connectivity index (χ4v) is 3.35. The lowest BCUT2D eigenvalue weighted by molar-refractivity contribution is -0.131. The van der Waals surface area contributed by atoms with Crippen molar-refractivity contribution in [2.24, 2.45) is 4.99 Å². The molecule has 3 rings (SSSR count). The molecule has 1 aromatic heterocycles. The van der Waals surface area contributed by atoms with Crippen molar-refractivity contribution in [2.75, 3.05) is 44.2 Å². The molecule has 1 aromatic carbocycles. The van der Waals surface area contributed by atoms with Crippen molar-refractivity contribution >= 4 is 41.8 Å². The van der Waals surface area contributed by atoms with E-state index >= 15 is 0 Å². The highest BCUT2D eigenvalue weighted by atomic mass is 127. The number of amides is 1. The molecule has 0 saturated carbocycles. The molecule has 1 fully saturated rings. The molecular formula is C22H32IN7O. The molecule has 2 aromatic rings. The molecule has 0 unspecified atom stereocenters. The molecule has 2 N–H and O–H groups in total. The van der Waals surface area contributed by atoms with Gasteiger partial charge in [-0.2, -0.15) is 0 Å². The van der Waals surface area contributed by atoms with Crippen molar-refractivity contribution in [3.8, 4) is 0 Å². The van der Waals surface area contributed by atoms with Gasteiger partial charge in [0.25, 0.3) is 0 Å². The van der Waals surface area contributed by atoms with E-state index in [4.69, 9.17) is 0 Å². The summed E-state index contributed by atoms with van der Waals surface area (Å²) >= 11 is 0. The first-order valence-corrected chi connectivity index (χ1v) is 10.5. The Morgan fingerprint density at radius 1 is 1.06 bits per heavy atom. The summed E-state index contributed by atoms with van der Waals surface area (Å²) in [6.07, 6.45) is 3.93. The topological polar surface area (TPSA) is 85.8 Å². The van der Waals surface area contributed by atoms with Crippen LogP contribution in [0, 0.1) is 6.92 Å². The smallest absolute Gasteiger partial charge is 0.225 e. The van der Waals surface area contributed by atoms with Gasteiger partial charge in [-0.05, 0) is 31.0 Å². The van der Waals surface area contributed by atoms with E-state index < -0.39 is 0 Å². The maximum Gasteiger partial charge on any atom is 0.225 e. The second kappa shape index (κ2) is 13.1. The maximum atomic E-state index is 12.6. The molecule has 2 heterocycles. The number of carbonyl (C=O) groups excluding carboxylic acids is 1. The third-order valence-corrected chi connectivity index (χ3v) is 5.11. The Labute approximate surface area is 201 Å². The second-order valence-corrected chi connectivity index (χ2v) is 7.22. The highest BCUT2D eigenvalue weighted by Crippen LogP contribution is 2.10. The van der Waals surface area contributed by atoms with E-state index in [-0.39, 0.29) is 29.9 Å². The summed E-state index contributed by atoms with van der Waals surface area (Å²) in [5.74, 6) is 1.62. The van der Waals surface area contributed by atoms with Gasteiger partial charge < -0.3 is 20.4 Å². The van der Waals surface area contributed by atoms with Crippen LogP contribution in [0.25, 0.3) is 0 Å². The molecule has 1 saturated heterocycles. The number of aliphatic imine (C=N–C) groups is 1. The summed E-state index contributed by atoms with van der Waals surface area (Å²) in [6, 6.07) is 10.0. The number of halogens is 1. The molecule has 1 aliphatic heterocycles. The molecule has 0 bridgehead atoms. The van der Waals surface area contributed by atoms with Crippen LogP contribution in [0.3, 0.4) is 0 Å². The summed E-state index contributed by atoms with van der Waals surface area (Å²) in [5.41, 5.74) is 2.43. The predicted octanol–water partition coefficient (Wildman–Crippen LogP) is 2.20. The summed E-state index contributed by atoms with van der Waals surface area (Å²) < 4.78 is 0. The number of nitrogens with zero attached hydrogens (tertiary/aromatic N) is 5. The largest absolute Gasteiger partial charge is 0.357 e. The van der Waals surface area contributed by atoms with Crippen LogP contribution in [0.2, 0.25) is 0 Å². The first-order valence-electron chi connectivity index (χ1n) is 10.5. The molecule has 0 radical (unpaired) electrons. The lowest BCUT2D eigenvalue weighted by atomic mass is 10.1. The molecule has 1 aliphatic rings. The van der Waals surface area contributed by atoms with Crippen molar-refractivity contribution in [1.29, 1.82) is 0 Å². The molecule has 0 spiro atoms. The number of aromatic nitrogens is 2. The van der Waals surface area contributed by atoms with Crippen LogP contribution in [0.4, 0.5) is 5.95 Å². The quantitative estimate of drug-likeness (QED) is 0.320. The Hall–Kier alpha value is -2.43. The van der Waals surface area contributed by atoms with Gasteiger partial charge in [0.05, 0.1) is 6.54 Å². The Kier molecular flexibility index (Phi) is 10.5. The number of hydrogen-bond acceptors (Lipinski definition) is 5. The van der Waals surface area contributed by atoms with Gasteiger partial charge in [0.2, 0.25) is 11.9 Å². The van der Waals surface area contributed by atoms with E-state index in [1.165, 1.54) is 11.1 Å². The van der Waals surface area contributed by atoms with Gasteiger partial charge in [0.15, 0.2) is 5.96 Å². The summed E-state index contributed by atoms with van der Waals surface area (Å²) in [5, 5.41) is 6.52. The molecule has 1 amide bonds. The van der Waals surface area contributed by atoms with Gasteiger partial charge in [0.1, 0.15) is 0 Å². The number of nitrogens with one attached hydrogen (secondary N) is 2. The minimum atomic E-state index is 0. The third kappa shape index (κ3) is 7.64. The average Bonchev–Trinajstić information content (AvgIpc) is 2.79. The predicted molar refractivity (Wildman–Crippen MR) is 135 cm³/mol. The van der Waals surface area contributed by atoms with Gasteiger partial charge in [-0.25, -0.2) is 15.0 Å². The molecule has 31 heavy (non-hydrogen) atoms. The minimum Gasteiger partial charge on any atom is -0.357 e. The zero-order valence-corrected chi connectivity index (χ0v) is 20.6. The van der Waals surface area contributed by atoms with Crippen LogP contribution in [0.1, 0.15) is 24.5 Å². The summed E-state index contributed by atoms with van der Waals surface area (Å²) in [4.78, 5) is 29.8. The van der Waals surface area contributed by atoms with Crippen molar-refractivity contribution in [3.63, 3.8) is 0 Å². The van der Waals surface area contributed by atoms with E-state index in [2.05, 4.69) is 49.6 Å². The number of aryl methyl sites for hydroxylation is 1. The highest BCUT2D eigenvalue weighted by molar-refractivity contribution is 14.0. The van der Waals surface area contributed by atoms with E-state index in [0.717, 1.165) is 31.5 Å². The van der Waals surface area contributed by atoms with Gasteiger partial charge in [0, 0.05) is 58.1 Å². The molecule has 9 heteroatoms. The first kappa shape index (κ1) is 24.8. The van der Waals surface area contributed by atoms with E-state index in [0.29, 0.717) is 32.6 Å². The first-order chi connectivity index (χ1) is 14.7. The lowest BCUT2D eigenvalue weighted by Crippen LogP contribution is -2.50. The second-order valence-electron chi connectivity index (χ2n) is 7.22. The zero-order valence-electron chi connectivity index (χ0n) is 18.3. The summed E-state index contributed by atoms with van der Waals surface area (Å²) in [6.45, 7) is 8.96. The standard InChI is InChI=1S/C22H31N7O.HI/c1-3-23-21(27-17-19-8-5-4-7-18(19)2)24-12-9-20(30)28-13-15-29(16-14-28)22-25-10-6-11-26-22;/h4-8,10-11H,3,9,12-17H2,1-2H3,(H2,23,24,27);1H. The molecule has 0 aliphatic carbocycles. The summed E-state index contributed by atoms with van der Waals surface area (Å²) in [7, 11) is 0. The fourth-order valence-electron chi connectivity index (χ4n) is 3.35. The van der Waals surface area contributed by atoms with E-state index in [1.807, 2.05) is 30.0 Å². The molecular weight excluding hydrogens is 505 g/mol. The van der Waals surface area contributed by atoms with Crippen LogP contribution in [-0.2, 0) is 11.3 Å². The number of guanidine groups is 1. The van der Waals surface area contributed by atoms with Crippen LogP contribution < -0.4 is 15.5 Å². The average molecular weight is 537 g/mol. The van der Waals surface area contributed by atoms with Crippen molar-refractivity contribution in [1.82, 2.24) is 25.5 Å². The Morgan fingerprint density at radius 2 is 1.77 bits per heavy atom. The molecule has 8 nitrogen and oxygen atoms in total. The van der Waals surface area contributed by atoms with Crippen molar-refractivity contribution < 1.29 is 4.79 Å². The Morgan fingerprint density at radius 3 is 2.45 bits per heavy atom. The van der Waals surface area contributed by atoms with Crippen LogP contribution >= 0.6 is 24.0 Å². The number of benzene rings is 1. The van der Waals surface area contributed by atoms with Crippen molar-refractivity contribution in [2.45, 2.75) is 26.8 Å². The number of rotatable bonds is 7. The fraction of sp³-hybridized carbons (Fsp3) is 0.455. The van der Waals surface area contributed by atoms with Gasteiger partial charge in [-0.3, -0.25) is 4.79 Å². The minimum absolute atomic E-state index is 0. The monoisotopic (exact) mass is 537 g/mol. The van der Waals surface area contributed by atoms with E-state index in [1.54, 1.807) is 12.4 Å². The van der Waals surface area contributed by atoms with Crippen molar-refractivity contribution in [3.05, 3.63) is 53.9 Å². The van der Waals surface area contributed by atoms with Gasteiger partial charge in [-0.1, -0.05) is 24.3 Å². The SMILES string of the molecule is CCNC(=NCc1ccccc1C)NCCC(=O)N1CCN(c2ncccn2)CC1.I. The van der Waals surface area contributed by atoms with Crippen LogP contribution in [0.15, 0.2) is 47.7 Å². The highest BCUT2D eigenvalue weighted by Gasteiger charge is 2.22. The molecule has 0 atom stereocenters. The Bertz CT molecular complexity index is 839. The van der Waals surface area contributed by atoms with Gasteiger partial charge in [-0.15, -0.1) is 24.0 Å². The normalized spacial score (nSPS) is 14.1. The number of carbonyl (C=O) groups is 1. The molecule has 168 valence electrons. The maximum absolute atomic E-state index is 12.6. The number of piperazine rings is 1. The van der Waals surface area contributed by atoms with Crippen LogP contribution in [0.5, 0.6) is 0 Å². The zero-order chi connectivity index (χ0) is 21.2. The Balaban J connectivity index is 0.00000341. The number of hydrogen-bond donors (Lipinski definition) is 2. The van der Waals surface area contributed by atoms with Gasteiger partial charge >= 0.3 is 0 Å². The van der Waals surface area contributed by atoms with Crippen LogP contribution in [-0.4, -0.2) is 66.0 Å². The number of anilines is 1. The van der Waals surface area contributed by atoms with E-state index in [9.17, 15) is 4.79 Å². The third-order valence-electron chi connectivity index (χ3n) is 5.11. The lowest BCUT2D eigenvalue weighted by Gasteiger charge is -2.34.